The number of carboxylic acid groups (broad SMARTS) is 1. The van der Waals surface area contributed by atoms with Crippen molar-refractivity contribution < 1.29 is 9.90 Å². The number of halogens is 1. The fourth-order valence-corrected chi connectivity index (χ4v) is 1.78. The Morgan fingerprint density at radius 2 is 2.19 bits per heavy atom. The fourth-order valence-electron chi connectivity index (χ4n) is 0.904. The Morgan fingerprint density at radius 3 is 2.69 bits per heavy atom. The minimum absolute atomic E-state index is 0.0667. The van der Waals surface area contributed by atoms with Gasteiger partial charge in [0.25, 0.3) is 0 Å². The molecule has 0 aromatic carbocycles. The molecule has 0 fully saturated rings. The first-order valence-corrected chi connectivity index (χ1v) is 6.04. The maximum absolute atomic E-state index is 10.8. The number of rotatable bonds is 3. The molecule has 0 spiro atoms. The molecule has 1 heterocycles. The van der Waals surface area contributed by atoms with E-state index in [0.717, 1.165) is 0 Å². The van der Waals surface area contributed by atoms with Crippen molar-refractivity contribution >= 4 is 29.3 Å². The predicted octanol–water partition coefficient (Wildman–Crippen LogP) is 2.86. The average molecular weight is 261 g/mol. The minimum Gasteiger partial charge on any atom is -0.476 e. The van der Waals surface area contributed by atoms with Crippen molar-refractivity contribution in [3.63, 3.8) is 0 Å². The van der Waals surface area contributed by atoms with E-state index in [-0.39, 0.29) is 15.5 Å². The van der Waals surface area contributed by atoms with Gasteiger partial charge in [0.2, 0.25) is 0 Å². The first-order valence-electron chi connectivity index (χ1n) is 4.68. The zero-order chi connectivity index (χ0) is 12.3. The SMILES string of the molecule is CC(C)(C)SCc1ncc(Cl)c(C(=O)O)n1. The van der Waals surface area contributed by atoms with Crippen LogP contribution in [0.2, 0.25) is 5.02 Å². The van der Waals surface area contributed by atoms with Crippen LogP contribution < -0.4 is 0 Å². The van der Waals surface area contributed by atoms with Crippen LogP contribution in [0.15, 0.2) is 6.20 Å². The van der Waals surface area contributed by atoms with Crippen LogP contribution >= 0.6 is 23.4 Å². The average Bonchev–Trinajstić information content (AvgIpc) is 2.14. The third-order valence-corrected chi connectivity index (χ3v) is 3.18. The Kier molecular flexibility index (Phi) is 4.15. The smallest absolute Gasteiger partial charge is 0.356 e. The molecule has 0 unspecified atom stereocenters. The normalized spacial score (nSPS) is 11.5. The Hall–Kier alpha value is -0.810. The molecule has 0 amide bonds. The second-order valence-electron chi connectivity index (χ2n) is 4.19. The van der Waals surface area contributed by atoms with Crippen molar-refractivity contribution in [2.45, 2.75) is 31.3 Å². The molecule has 1 aromatic rings. The molecule has 0 atom stereocenters. The standard InChI is InChI=1S/C10H13ClN2O2S/c1-10(2,3)16-5-7-12-4-6(11)8(13-7)9(14)15/h4H,5H2,1-3H3,(H,14,15). The summed E-state index contributed by atoms with van der Waals surface area (Å²) < 4.78 is 0.0897. The van der Waals surface area contributed by atoms with Gasteiger partial charge in [-0.15, -0.1) is 11.8 Å². The van der Waals surface area contributed by atoms with Gasteiger partial charge in [-0.1, -0.05) is 32.4 Å². The van der Waals surface area contributed by atoms with Crippen molar-refractivity contribution in [3.05, 3.63) is 22.7 Å². The van der Waals surface area contributed by atoms with Crippen molar-refractivity contribution in [2.24, 2.45) is 0 Å². The maximum Gasteiger partial charge on any atom is 0.356 e. The summed E-state index contributed by atoms with van der Waals surface area (Å²) in [6.45, 7) is 6.23. The third-order valence-electron chi connectivity index (χ3n) is 1.63. The molecule has 16 heavy (non-hydrogen) atoms. The molecular formula is C10H13ClN2O2S. The highest BCUT2D eigenvalue weighted by Gasteiger charge is 2.15. The van der Waals surface area contributed by atoms with Crippen LogP contribution in [0, 0.1) is 0 Å². The number of carboxylic acids is 1. The van der Waals surface area contributed by atoms with E-state index in [9.17, 15) is 4.79 Å². The lowest BCUT2D eigenvalue weighted by Gasteiger charge is -2.16. The summed E-state index contributed by atoms with van der Waals surface area (Å²) in [6.07, 6.45) is 1.33. The van der Waals surface area contributed by atoms with Crippen LogP contribution in [0.25, 0.3) is 0 Å². The van der Waals surface area contributed by atoms with Crippen molar-refractivity contribution in [2.75, 3.05) is 0 Å². The number of hydrogen-bond acceptors (Lipinski definition) is 4. The van der Waals surface area contributed by atoms with Gasteiger partial charge in [0, 0.05) is 4.75 Å². The molecule has 1 N–H and O–H groups in total. The van der Waals surface area contributed by atoms with Crippen LogP contribution in [0.3, 0.4) is 0 Å². The molecule has 1 aromatic heterocycles. The number of carbonyl (C=O) groups is 1. The van der Waals surface area contributed by atoms with E-state index < -0.39 is 5.97 Å². The van der Waals surface area contributed by atoms with Gasteiger partial charge in [0.15, 0.2) is 5.69 Å². The molecule has 0 aliphatic carbocycles. The highest BCUT2D eigenvalue weighted by atomic mass is 35.5. The van der Waals surface area contributed by atoms with Gasteiger partial charge >= 0.3 is 5.97 Å². The molecule has 88 valence electrons. The lowest BCUT2D eigenvalue weighted by molar-refractivity contribution is 0.0690. The maximum atomic E-state index is 10.8. The number of nitrogens with zero attached hydrogens (tertiary/aromatic N) is 2. The molecule has 0 aliphatic heterocycles. The summed E-state index contributed by atoms with van der Waals surface area (Å²) in [5.41, 5.74) is -0.138. The summed E-state index contributed by atoms with van der Waals surface area (Å²) in [5.74, 6) is -0.0721. The Morgan fingerprint density at radius 1 is 1.56 bits per heavy atom. The largest absolute Gasteiger partial charge is 0.476 e. The Labute approximate surface area is 103 Å². The highest BCUT2D eigenvalue weighted by Crippen LogP contribution is 2.26. The second kappa shape index (κ2) is 5.01. The van der Waals surface area contributed by atoms with E-state index in [0.29, 0.717) is 11.6 Å². The quantitative estimate of drug-likeness (QED) is 0.905. The predicted molar refractivity (Wildman–Crippen MR) is 65.0 cm³/mol. The molecule has 0 saturated carbocycles. The Balaban J connectivity index is 2.83. The van der Waals surface area contributed by atoms with Crippen molar-refractivity contribution in [1.29, 1.82) is 0 Å². The van der Waals surface area contributed by atoms with Crippen LogP contribution in [-0.2, 0) is 5.75 Å². The summed E-state index contributed by atoms with van der Waals surface area (Å²) in [7, 11) is 0. The van der Waals surface area contributed by atoms with Gasteiger partial charge in [-0.3, -0.25) is 0 Å². The first kappa shape index (κ1) is 13.3. The monoisotopic (exact) mass is 260 g/mol. The zero-order valence-corrected chi connectivity index (χ0v) is 10.9. The number of thioether (sulfide) groups is 1. The lowest BCUT2D eigenvalue weighted by Crippen LogP contribution is -2.10. The van der Waals surface area contributed by atoms with Gasteiger partial charge in [-0.2, -0.15) is 0 Å². The van der Waals surface area contributed by atoms with Crippen LogP contribution in [0.1, 0.15) is 37.1 Å². The minimum atomic E-state index is -1.13. The summed E-state index contributed by atoms with van der Waals surface area (Å²) in [5, 5.41) is 8.90. The number of aromatic carboxylic acids is 1. The van der Waals surface area contributed by atoms with Crippen LogP contribution in [0.5, 0.6) is 0 Å². The molecule has 0 bridgehead atoms. The molecule has 0 radical (unpaired) electrons. The van der Waals surface area contributed by atoms with E-state index in [1.54, 1.807) is 11.8 Å². The molecule has 1 rings (SSSR count). The summed E-state index contributed by atoms with van der Waals surface area (Å²) >= 11 is 7.32. The van der Waals surface area contributed by atoms with Crippen LogP contribution in [-0.4, -0.2) is 25.8 Å². The van der Waals surface area contributed by atoms with Crippen molar-refractivity contribution in [1.82, 2.24) is 9.97 Å². The first-order chi connectivity index (χ1) is 7.29. The topological polar surface area (TPSA) is 63.1 Å². The Bertz CT molecular complexity index is 404. The van der Waals surface area contributed by atoms with Gasteiger partial charge in [-0.05, 0) is 0 Å². The van der Waals surface area contributed by atoms with Gasteiger partial charge in [0.05, 0.1) is 17.0 Å². The third kappa shape index (κ3) is 3.98. The van der Waals surface area contributed by atoms with E-state index in [2.05, 4.69) is 30.7 Å². The summed E-state index contributed by atoms with van der Waals surface area (Å²) in [4.78, 5) is 18.7. The van der Waals surface area contributed by atoms with E-state index in [1.807, 2.05) is 0 Å². The number of aromatic nitrogens is 2. The molecule has 4 nitrogen and oxygen atoms in total. The summed E-state index contributed by atoms with van der Waals surface area (Å²) in [6, 6.07) is 0. The van der Waals surface area contributed by atoms with E-state index in [4.69, 9.17) is 16.7 Å². The van der Waals surface area contributed by atoms with Crippen LogP contribution in [0.4, 0.5) is 0 Å². The molecular weight excluding hydrogens is 248 g/mol. The van der Waals surface area contributed by atoms with Gasteiger partial charge < -0.3 is 5.11 Å². The van der Waals surface area contributed by atoms with E-state index in [1.165, 1.54) is 6.20 Å². The lowest BCUT2D eigenvalue weighted by atomic mass is 10.3. The molecule has 6 heteroatoms. The molecule has 0 saturated heterocycles. The van der Waals surface area contributed by atoms with Crippen molar-refractivity contribution in [3.8, 4) is 0 Å². The van der Waals surface area contributed by atoms with Gasteiger partial charge in [-0.25, -0.2) is 14.8 Å². The number of hydrogen-bond donors (Lipinski definition) is 1. The highest BCUT2D eigenvalue weighted by molar-refractivity contribution is 7.99. The second-order valence-corrected chi connectivity index (χ2v) is 6.40. The van der Waals surface area contributed by atoms with E-state index >= 15 is 0 Å². The fraction of sp³-hybridized carbons (Fsp3) is 0.500. The van der Waals surface area contributed by atoms with Gasteiger partial charge in [0.1, 0.15) is 5.82 Å². The zero-order valence-electron chi connectivity index (χ0n) is 9.32. The molecule has 0 aliphatic rings.